The molecule has 1 aliphatic heterocycles. The summed E-state index contributed by atoms with van der Waals surface area (Å²) in [6, 6.07) is 13.7. The number of piperidine rings is 1. The van der Waals surface area contributed by atoms with Gasteiger partial charge in [0.05, 0.1) is 11.7 Å². The first-order valence-electron chi connectivity index (χ1n) is 7.54. The molecule has 0 saturated carbocycles. The summed E-state index contributed by atoms with van der Waals surface area (Å²) in [7, 11) is 0. The van der Waals surface area contributed by atoms with E-state index in [2.05, 4.69) is 18.0 Å². The van der Waals surface area contributed by atoms with Crippen LogP contribution in [0.15, 0.2) is 48.7 Å². The number of hydrogen-bond donors (Lipinski definition) is 0. The van der Waals surface area contributed by atoms with E-state index < -0.39 is 0 Å². The lowest BCUT2D eigenvalue weighted by Crippen LogP contribution is -2.38. The van der Waals surface area contributed by atoms with Crippen LogP contribution in [-0.4, -0.2) is 22.3 Å². The Labute approximate surface area is 125 Å². The summed E-state index contributed by atoms with van der Waals surface area (Å²) in [6.07, 6.45) is 5.05. The number of pyridine rings is 1. The van der Waals surface area contributed by atoms with E-state index in [1.54, 1.807) is 0 Å². The first-order valence-corrected chi connectivity index (χ1v) is 7.54. The van der Waals surface area contributed by atoms with Crippen molar-refractivity contribution in [2.24, 2.45) is 0 Å². The lowest BCUT2D eigenvalue weighted by Gasteiger charge is -2.35. The highest BCUT2D eigenvalue weighted by atomic mass is 16.2. The molecule has 1 fully saturated rings. The topological polar surface area (TPSA) is 33.2 Å². The molecule has 1 aromatic carbocycles. The van der Waals surface area contributed by atoms with Crippen LogP contribution in [-0.2, 0) is 0 Å². The highest BCUT2D eigenvalue weighted by Gasteiger charge is 2.29. The van der Waals surface area contributed by atoms with Crippen LogP contribution in [0.5, 0.6) is 0 Å². The Balaban J connectivity index is 1.90. The Morgan fingerprint density at radius 2 is 2.00 bits per heavy atom. The summed E-state index contributed by atoms with van der Waals surface area (Å²) in [4.78, 5) is 19.2. The SMILES string of the molecule is Cc1ccnc([C@@H]2CCCCN2C(=O)c2ccccc2)c1. The predicted molar refractivity (Wildman–Crippen MR) is 83.0 cm³/mol. The zero-order valence-electron chi connectivity index (χ0n) is 12.3. The van der Waals surface area contributed by atoms with Crippen molar-refractivity contribution < 1.29 is 4.79 Å². The number of aryl methyl sites for hydroxylation is 1. The number of amides is 1. The van der Waals surface area contributed by atoms with Crippen molar-refractivity contribution in [2.75, 3.05) is 6.54 Å². The molecule has 1 saturated heterocycles. The smallest absolute Gasteiger partial charge is 0.254 e. The molecule has 1 aliphatic rings. The van der Waals surface area contributed by atoms with E-state index >= 15 is 0 Å². The van der Waals surface area contributed by atoms with Gasteiger partial charge in [0, 0.05) is 18.3 Å². The number of nitrogens with zero attached hydrogens (tertiary/aromatic N) is 2. The Morgan fingerprint density at radius 3 is 2.76 bits per heavy atom. The molecule has 0 spiro atoms. The van der Waals surface area contributed by atoms with Crippen molar-refractivity contribution in [3.63, 3.8) is 0 Å². The van der Waals surface area contributed by atoms with Gasteiger partial charge in [-0.15, -0.1) is 0 Å². The largest absolute Gasteiger partial charge is 0.330 e. The van der Waals surface area contributed by atoms with Crippen LogP contribution in [0.3, 0.4) is 0 Å². The molecule has 2 aromatic rings. The molecule has 0 bridgehead atoms. The maximum Gasteiger partial charge on any atom is 0.254 e. The normalized spacial score (nSPS) is 18.5. The van der Waals surface area contributed by atoms with E-state index in [0.717, 1.165) is 37.1 Å². The minimum atomic E-state index is 0.103. The number of carbonyl (C=O) groups is 1. The summed E-state index contributed by atoms with van der Waals surface area (Å²) in [6.45, 7) is 2.88. The van der Waals surface area contributed by atoms with Crippen LogP contribution in [0.25, 0.3) is 0 Å². The van der Waals surface area contributed by atoms with E-state index in [0.29, 0.717) is 0 Å². The van der Waals surface area contributed by atoms with Crippen molar-refractivity contribution >= 4 is 5.91 Å². The second-order valence-electron chi connectivity index (χ2n) is 5.63. The minimum absolute atomic E-state index is 0.103. The molecule has 3 nitrogen and oxygen atoms in total. The molecule has 21 heavy (non-hydrogen) atoms. The third kappa shape index (κ3) is 2.97. The molecule has 3 heteroatoms. The Morgan fingerprint density at radius 1 is 1.19 bits per heavy atom. The minimum Gasteiger partial charge on any atom is -0.330 e. The highest BCUT2D eigenvalue weighted by molar-refractivity contribution is 5.94. The molecule has 3 rings (SSSR count). The van der Waals surface area contributed by atoms with Crippen LogP contribution in [0.1, 0.15) is 46.9 Å². The Hall–Kier alpha value is -2.16. The quantitative estimate of drug-likeness (QED) is 0.839. The molecule has 0 unspecified atom stereocenters. The van der Waals surface area contributed by atoms with Gasteiger partial charge in [-0.1, -0.05) is 18.2 Å². The van der Waals surface area contributed by atoms with Crippen LogP contribution in [0.2, 0.25) is 0 Å². The van der Waals surface area contributed by atoms with Gasteiger partial charge in [0.25, 0.3) is 5.91 Å². The fourth-order valence-electron chi connectivity index (χ4n) is 2.97. The van der Waals surface area contributed by atoms with E-state index in [1.165, 1.54) is 5.56 Å². The van der Waals surface area contributed by atoms with E-state index in [9.17, 15) is 4.79 Å². The molecule has 0 radical (unpaired) electrons. The van der Waals surface area contributed by atoms with Crippen LogP contribution < -0.4 is 0 Å². The zero-order chi connectivity index (χ0) is 14.7. The van der Waals surface area contributed by atoms with Gasteiger partial charge in [0.15, 0.2) is 0 Å². The third-order valence-electron chi connectivity index (χ3n) is 4.06. The maximum atomic E-state index is 12.8. The van der Waals surface area contributed by atoms with Gasteiger partial charge in [0.2, 0.25) is 0 Å². The first-order chi connectivity index (χ1) is 10.3. The van der Waals surface area contributed by atoms with Crippen molar-refractivity contribution in [3.8, 4) is 0 Å². The summed E-state index contributed by atoms with van der Waals surface area (Å²) in [5.74, 6) is 0.114. The lowest BCUT2D eigenvalue weighted by molar-refractivity contribution is 0.0606. The van der Waals surface area contributed by atoms with Gasteiger partial charge >= 0.3 is 0 Å². The molecule has 108 valence electrons. The van der Waals surface area contributed by atoms with Crippen molar-refractivity contribution in [1.82, 2.24) is 9.88 Å². The van der Waals surface area contributed by atoms with Gasteiger partial charge in [-0.05, 0) is 56.0 Å². The monoisotopic (exact) mass is 280 g/mol. The average Bonchev–Trinajstić information content (AvgIpc) is 2.55. The van der Waals surface area contributed by atoms with E-state index in [1.807, 2.05) is 47.5 Å². The number of benzene rings is 1. The lowest BCUT2D eigenvalue weighted by atomic mass is 9.97. The summed E-state index contributed by atoms with van der Waals surface area (Å²) >= 11 is 0. The molecule has 0 N–H and O–H groups in total. The fourth-order valence-corrected chi connectivity index (χ4v) is 2.97. The van der Waals surface area contributed by atoms with Gasteiger partial charge in [0.1, 0.15) is 0 Å². The summed E-state index contributed by atoms with van der Waals surface area (Å²) in [5.41, 5.74) is 2.97. The summed E-state index contributed by atoms with van der Waals surface area (Å²) < 4.78 is 0. The maximum absolute atomic E-state index is 12.8. The van der Waals surface area contributed by atoms with E-state index in [-0.39, 0.29) is 11.9 Å². The van der Waals surface area contributed by atoms with Gasteiger partial charge in [-0.2, -0.15) is 0 Å². The fraction of sp³-hybridized carbons (Fsp3) is 0.333. The van der Waals surface area contributed by atoms with Crippen LogP contribution in [0.4, 0.5) is 0 Å². The molecule has 1 atom stereocenters. The van der Waals surface area contributed by atoms with Crippen molar-refractivity contribution in [2.45, 2.75) is 32.2 Å². The number of carbonyl (C=O) groups excluding carboxylic acids is 1. The Bertz CT molecular complexity index is 624. The van der Waals surface area contributed by atoms with Crippen molar-refractivity contribution in [3.05, 3.63) is 65.5 Å². The molecular formula is C18H20N2O. The number of likely N-dealkylation sites (tertiary alicyclic amines) is 1. The number of aromatic nitrogens is 1. The Kier molecular flexibility index (Phi) is 4.00. The third-order valence-corrected chi connectivity index (χ3v) is 4.06. The highest BCUT2D eigenvalue weighted by Crippen LogP contribution is 2.31. The number of rotatable bonds is 2. The van der Waals surface area contributed by atoms with Gasteiger partial charge < -0.3 is 4.90 Å². The predicted octanol–water partition coefficient (Wildman–Crippen LogP) is 3.76. The standard InChI is InChI=1S/C18H20N2O/c1-14-10-11-19-16(13-14)17-9-5-6-12-20(17)18(21)15-7-3-2-4-8-15/h2-4,7-8,10-11,13,17H,5-6,9,12H2,1H3/t17-/m0/s1. The average molecular weight is 280 g/mol. The van der Waals surface area contributed by atoms with Crippen molar-refractivity contribution in [1.29, 1.82) is 0 Å². The molecule has 1 aromatic heterocycles. The second kappa shape index (κ2) is 6.08. The molecule has 2 heterocycles. The first kappa shape index (κ1) is 13.8. The van der Waals surface area contributed by atoms with Gasteiger partial charge in [-0.3, -0.25) is 9.78 Å². The molecule has 0 aliphatic carbocycles. The number of hydrogen-bond acceptors (Lipinski definition) is 2. The molecule has 1 amide bonds. The summed E-state index contributed by atoms with van der Waals surface area (Å²) in [5, 5.41) is 0. The van der Waals surface area contributed by atoms with Gasteiger partial charge in [-0.25, -0.2) is 0 Å². The van der Waals surface area contributed by atoms with Crippen LogP contribution in [0, 0.1) is 6.92 Å². The van der Waals surface area contributed by atoms with E-state index in [4.69, 9.17) is 0 Å². The second-order valence-corrected chi connectivity index (χ2v) is 5.63. The zero-order valence-corrected chi connectivity index (χ0v) is 12.3. The van der Waals surface area contributed by atoms with Crippen LogP contribution >= 0.6 is 0 Å². The molecular weight excluding hydrogens is 260 g/mol.